The van der Waals surface area contributed by atoms with Gasteiger partial charge in [0.15, 0.2) is 0 Å². The Labute approximate surface area is 120 Å². The van der Waals surface area contributed by atoms with Crippen molar-refractivity contribution in [2.24, 2.45) is 5.92 Å². The molecule has 1 unspecified atom stereocenters. The molecule has 19 heavy (non-hydrogen) atoms. The van der Waals surface area contributed by atoms with Gasteiger partial charge in [-0.25, -0.2) is 21.9 Å². The van der Waals surface area contributed by atoms with E-state index in [-0.39, 0.29) is 6.54 Å². The lowest BCUT2D eigenvalue weighted by atomic mass is 10.1. The topological polar surface area (TPSA) is 46.2 Å². The highest BCUT2D eigenvalue weighted by Gasteiger charge is 2.19. The first-order chi connectivity index (χ1) is 8.86. The van der Waals surface area contributed by atoms with Crippen molar-refractivity contribution in [1.82, 2.24) is 4.72 Å². The van der Waals surface area contributed by atoms with Crippen LogP contribution in [0.4, 0.5) is 8.78 Å². The van der Waals surface area contributed by atoms with Crippen LogP contribution in [0.1, 0.15) is 19.8 Å². The Balaban J connectivity index is 2.64. The smallest absolute Gasteiger partial charge is 0.211 e. The standard InChI is InChI=1S/C12H16BrF2NO2S/c1-9(8-13)3-2-6-16-19(17,18)12-7-10(14)4-5-11(12)15/h4-5,7,9,16H,2-3,6,8H2,1H3. The van der Waals surface area contributed by atoms with Gasteiger partial charge in [0.05, 0.1) is 0 Å². The molecule has 0 saturated carbocycles. The zero-order chi connectivity index (χ0) is 14.5. The van der Waals surface area contributed by atoms with E-state index in [9.17, 15) is 17.2 Å². The molecule has 0 saturated heterocycles. The highest BCUT2D eigenvalue weighted by atomic mass is 79.9. The molecule has 3 nitrogen and oxygen atoms in total. The van der Waals surface area contributed by atoms with Crippen molar-refractivity contribution in [3.05, 3.63) is 29.8 Å². The molecule has 0 heterocycles. The highest BCUT2D eigenvalue weighted by Crippen LogP contribution is 2.16. The fourth-order valence-electron chi connectivity index (χ4n) is 1.50. The number of hydrogen-bond acceptors (Lipinski definition) is 2. The number of benzene rings is 1. The molecular formula is C12H16BrF2NO2S. The van der Waals surface area contributed by atoms with Gasteiger partial charge in [-0.05, 0) is 37.0 Å². The monoisotopic (exact) mass is 355 g/mol. The van der Waals surface area contributed by atoms with Crippen LogP contribution < -0.4 is 4.72 Å². The largest absolute Gasteiger partial charge is 0.243 e. The normalized spacial score (nSPS) is 13.5. The minimum atomic E-state index is -3.99. The van der Waals surface area contributed by atoms with Crippen LogP contribution in [0.5, 0.6) is 0 Å². The summed E-state index contributed by atoms with van der Waals surface area (Å²) in [4.78, 5) is -0.652. The summed E-state index contributed by atoms with van der Waals surface area (Å²) in [6.45, 7) is 2.24. The van der Waals surface area contributed by atoms with Gasteiger partial charge in [-0.3, -0.25) is 0 Å². The Hall–Kier alpha value is -0.530. The van der Waals surface area contributed by atoms with Crippen molar-refractivity contribution >= 4 is 26.0 Å². The zero-order valence-corrected chi connectivity index (χ0v) is 12.9. The maximum absolute atomic E-state index is 13.4. The molecule has 0 aliphatic heterocycles. The van der Waals surface area contributed by atoms with Crippen LogP contribution in [0.15, 0.2) is 23.1 Å². The van der Waals surface area contributed by atoms with E-state index < -0.39 is 26.6 Å². The minimum Gasteiger partial charge on any atom is -0.211 e. The van der Waals surface area contributed by atoms with Crippen LogP contribution in [0.3, 0.4) is 0 Å². The third kappa shape index (κ3) is 5.16. The summed E-state index contributed by atoms with van der Waals surface area (Å²) in [6.07, 6.45) is 1.49. The van der Waals surface area contributed by atoms with Crippen LogP contribution in [-0.4, -0.2) is 20.3 Å². The van der Waals surface area contributed by atoms with Gasteiger partial charge in [0, 0.05) is 11.9 Å². The molecule has 0 aliphatic carbocycles. The molecule has 7 heteroatoms. The second kappa shape index (κ2) is 7.31. The zero-order valence-electron chi connectivity index (χ0n) is 10.5. The van der Waals surface area contributed by atoms with Gasteiger partial charge >= 0.3 is 0 Å². The summed E-state index contributed by atoms with van der Waals surface area (Å²) in [5, 5.41) is 0.846. The van der Waals surface area contributed by atoms with Gasteiger partial charge in [-0.1, -0.05) is 22.9 Å². The molecule has 1 rings (SSSR count). The van der Waals surface area contributed by atoms with Crippen molar-refractivity contribution < 1.29 is 17.2 Å². The molecule has 1 aromatic rings. The van der Waals surface area contributed by atoms with Gasteiger partial charge < -0.3 is 0 Å². The van der Waals surface area contributed by atoms with E-state index in [1.54, 1.807) is 0 Å². The van der Waals surface area contributed by atoms with Crippen molar-refractivity contribution in [2.45, 2.75) is 24.7 Å². The Morgan fingerprint density at radius 2 is 2.05 bits per heavy atom. The molecule has 1 atom stereocenters. The number of hydrogen-bond donors (Lipinski definition) is 1. The predicted octanol–water partition coefficient (Wildman–Crippen LogP) is 3.05. The summed E-state index contributed by atoms with van der Waals surface area (Å²) in [5.74, 6) is -1.30. The first kappa shape index (κ1) is 16.5. The minimum absolute atomic E-state index is 0.204. The Morgan fingerprint density at radius 1 is 1.37 bits per heavy atom. The summed E-state index contributed by atoms with van der Waals surface area (Å²) >= 11 is 3.33. The Bertz CT molecular complexity index is 522. The lowest BCUT2D eigenvalue weighted by Crippen LogP contribution is -2.26. The number of alkyl halides is 1. The molecule has 0 fully saturated rings. The van der Waals surface area contributed by atoms with Crippen LogP contribution >= 0.6 is 15.9 Å². The predicted molar refractivity (Wildman–Crippen MR) is 73.7 cm³/mol. The lowest BCUT2D eigenvalue weighted by Gasteiger charge is -2.09. The molecule has 0 aromatic heterocycles. The van der Waals surface area contributed by atoms with E-state index in [0.29, 0.717) is 18.4 Å². The SMILES string of the molecule is CC(CBr)CCCNS(=O)(=O)c1cc(F)ccc1F. The van der Waals surface area contributed by atoms with Crippen molar-refractivity contribution in [3.8, 4) is 0 Å². The van der Waals surface area contributed by atoms with Gasteiger partial charge in [0.1, 0.15) is 16.5 Å². The van der Waals surface area contributed by atoms with Crippen molar-refractivity contribution in [3.63, 3.8) is 0 Å². The highest BCUT2D eigenvalue weighted by molar-refractivity contribution is 9.09. The second-order valence-corrected chi connectivity index (χ2v) is 6.76. The van der Waals surface area contributed by atoms with Gasteiger partial charge in [0.25, 0.3) is 0 Å². The molecule has 0 amide bonds. The van der Waals surface area contributed by atoms with Crippen LogP contribution in [0.25, 0.3) is 0 Å². The average molecular weight is 356 g/mol. The quantitative estimate of drug-likeness (QED) is 0.603. The molecule has 1 N–H and O–H groups in total. The second-order valence-electron chi connectivity index (χ2n) is 4.37. The van der Waals surface area contributed by atoms with Crippen LogP contribution in [-0.2, 0) is 10.0 Å². The summed E-state index contributed by atoms with van der Waals surface area (Å²) in [7, 11) is -3.99. The van der Waals surface area contributed by atoms with E-state index in [1.807, 2.05) is 6.92 Å². The third-order valence-corrected chi connectivity index (χ3v) is 5.19. The maximum atomic E-state index is 13.4. The molecule has 0 bridgehead atoms. The van der Waals surface area contributed by atoms with Gasteiger partial charge in [-0.2, -0.15) is 0 Å². The van der Waals surface area contributed by atoms with E-state index in [0.717, 1.165) is 23.9 Å². The molecule has 1 aromatic carbocycles. The van der Waals surface area contributed by atoms with E-state index >= 15 is 0 Å². The average Bonchev–Trinajstić information content (AvgIpc) is 2.37. The Kier molecular flexibility index (Phi) is 6.35. The number of rotatable bonds is 7. The molecule has 0 radical (unpaired) electrons. The molecule has 0 spiro atoms. The van der Waals surface area contributed by atoms with Crippen molar-refractivity contribution in [1.29, 1.82) is 0 Å². The van der Waals surface area contributed by atoms with E-state index in [4.69, 9.17) is 0 Å². The first-order valence-corrected chi connectivity index (χ1v) is 8.48. The Morgan fingerprint density at radius 3 is 2.68 bits per heavy atom. The van der Waals surface area contributed by atoms with E-state index in [2.05, 4.69) is 20.7 Å². The van der Waals surface area contributed by atoms with Crippen molar-refractivity contribution in [2.75, 3.05) is 11.9 Å². The number of sulfonamides is 1. The van der Waals surface area contributed by atoms with Gasteiger partial charge in [0.2, 0.25) is 10.0 Å². The van der Waals surface area contributed by atoms with Crippen LogP contribution in [0, 0.1) is 17.6 Å². The van der Waals surface area contributed by atoms with E-state index in [1.165, 1.54) is 0 Å². The summed E-state index contributed by atoms with van der Waals surface area (Å²) in [6, 6.07) is 2.36. The lowest BCUT2D eigenvalue weighted by molar-refractivity contribution is 0.533. The van der Waals surface area contributed by atoms with Crippen LogP contribution in [0.2, 0.25) is 0 Å². The molecular weight excluding hydrogens is 340 g/mol. The fraction of sp³-hybridized carbons (Fsp3) is 0.500. The molecule has 0 aliphatic rings. The first-order valence-electron chi connectivity index (χ1n) is 5.87. The molecule has 108 valence electrons. The number of nitrogens with one attached hydrogen (secondary N) is 1. The summed E-state index contributed by atoms with van der Waals surface area (Å²) < 4.78 is 52.2. The maximum Gasteiger partial charge on any atom is 0.243 e. The summed E-state index contributed by atoms with van der Waals surface area (Å²) in [5.41, 5.74) is 0. The number of halogens is 3. The van der Waals surface area contributed by atoms with Gasteiger partial charge in [-0.15, -0.1) is 0 Å². The third-order valence-electron chi connectivity index (χ3n) is 2.61. The fourth-order valence-corrected chi connectivity index (χ4v) is 2.98.